The lowest BCUT2D eigenvalue weighted by atomic mass is 9.83. The summed E-state index contributed by atoms with van der Waals surface area (Å²) in [4.78, 5) is 0. The van der Waals surface area contributed by atoms with E-state index in [2.05, 4.69) is 55.7 Å². The molecule has 0 aliphatic rings. The van der Waals surface area contributed by atoms with Gasteiger partial charge in [0, 0.05) is 10.7 Å². The van der Waals surface area contributed by atoms with E-state index in [0.717, 1.165) is 24.9 Å². The zero-order valence-corrected chi connectivity index (χ0v) is 12.8. The average molecular weight is 277 g/mol. The zero-order chi connectivity index (χ0) is 13.9. The van der Waals surface area contributed by atoms with Crippen LogP contribution in [0.2, 0.25) is 0 Å². The number of aliphatic hydroxyl groups is 1. The molecule has 1 heterocycles. The third kappa shape index (κ3) is 2.83. The molecule has 3 heteroatoms. The van der Waals surface area contributed by atoms with Crippen LogP contribution in [0.4, 0.5) is 0 Å². The average Bonchev–Trinajstić information content (AvgIpc) is 2.86. The smallest absolute Gasteiger partial charge is 0.105 e. The molecule has 0 aliphatic carbocycles. The van der Waals surface area contributed by atoms with E-state index in [4.69, 9.17) is 0 Å². The molecule has 0 aliphatic heterocycles. The van der Waals surface area contributed by atoms with Crippen LogP contribution in [0.5, 0.6) is 0 Å². The number of likely N-dealkylation sites (N-methyl/N-ethyl adjacent to an activating group) is 1. The Balaban J connectivity index is 2.41. The second kappa shape index (κ2) is 6.04. The second-order valence-electron chi connectivity index (χ2n) is 5.13. The van der Waals surface area contributed by atoms with Crippen molar-refractivity contribution in [2.24, 2.45) is 0 Å². The third-order valence-corrected chi connectivity index (χ3v) is 4.71. The Morgan fingerprint density at radius 1 is 1.32 bits per heavy atom. The molecular weight excluding hydrogens is 254 g/mol. The van der Waals surface area contributed by atoms with E-state index < -0.39 is 5.60 Å². The van der Waals surface area contributed by atoms with E-state index in [1.807, 2.05) is 0 Å². The van der Waals surface area contributed by atoms with Gasteiger partial charge in [0.2, 0.25) is 0 Å². The number of benzene rings is 1. The Morgan fingerprint density at radius 3 is 2.79 bits per heavy atom. The largest absolute Gasteiger partial charge is 0.384 e. The molecule has 0 spiro atoms. The number of hydrogen-bond acceptors (Lipinski definition) is 3. The highest BCUT2D eigenvalue weighted by atomic mass is 32.1. The summed E-state index contributed by atoms with van der Waals surface area (Å²) < 4.78 is 1.28. The van der Waals surface area contributed by atoms with Gasteiger partial charge in [-0.25, -0.2) is 0 Å². The van der Waals surface area contributed by atoms with Crippen LogP contribution < -0.4 is 5.32 Å². The first kappa shape index (κ1) is 14.5. The minimum absolute atomic E-state index is 0.0496. The van der Waals surface area contributed by atoms with Crippen molar-refractivity contribution < 1.29 is 5.11 Å². The monoisotopic (exact) mass is 277 g/mol. The highest BCUT2D eigenvalue weighted by Gasteiger charge is 2.34. The first-order chi connectivity index (χ1) is 9.11. The number of hydrogen-bond donors (Lipinski definition) is 2. The molecule has 19 heavy (non-hydrogen) atoms. The maximum atomic E-state index is 11.1. The third-order valence-electron chi connectivity index (χ3n) is 3.81. The Hall–Kier alpha value is -0.900. The summed E-state index contributed by atoms with van der Waals surface area (Å²) in [6.07, 6.45) is 1.74. The van der Waals surface area contributed by atoms with Crippen LogP contribution in [-0.4, -0.2) is 17.7 Å². The van der Waals surface area contributed by atoms with Crippen LogP contribution >= 0.6 is 11.3 Å². The molecular formula is C16H23NOS. The van der Waals surface area contributed by atoms with Crippen molar-refractivity contribution >= 4 is 21.4 Å². The molecule has 1 aromatic heterocycles. The molecule has 2 aromatic rings. The summed E-state index contributed by atoms with van der Waals surface area (Å²) >= 11 is 1.74. The van der Waals surface area contributed by atoms with Gasteiger partial charge in [0.1, 0.15) is 5.60 Å². The predicted molar refractivity (Wildman–Crippen MR) is 83.8 cm³/mol. The van der Waals surface area contributed by atoms with Gasteiger partial charge < -0.3 is 10.4 Å². The normalized spacial score (nSPS) is 16.4. The maximum Gasteiger partial charge on any atom is 0.105 e. The Morgan fingerprint density at radius 2 is 2.11 bits per heavy atom. The lowest BCUT2D eigenvalue weighted by Crippen LogP contribution is -2.46. The van der Waals surface area contributed by atoms with Gasteiger partial charge >= 0.3 is 0 Å². The fourth-order valence-corrected chi connectivity index (χ4v) is 3.47. The fourth-order valence-electron chi connectivity index (χ4n) is 2.70. The van der Waals surface area contributed by atoms with Crippen LogP contribution in [0.15, 0.2) is 29.6 Å². The molecule has 2 unspecified atom stereocenters. The minimum atomic E-state index is -0.791. The van der Waals surface area contributed by atoms with Crippen molar-refractivity contribution in [1.29, 1.82) is 0 Å². The number of thiophene rings is 1. The van der Waals surface area contributed by atoms with Gasteiger partial charge in [-0.3, -0.25) is 0 Å². The fraction of sp³-hybridized carbons (Fsp3) is 0.500. The summed E-state index contributed by atoms with van der Waals surface area (Å²) in [6, 6.07) is 8.49. The molecule has 104 valence electrons. The van der Waals surface area contributed by atoms with E-state index in [1.54, 1.807) is 11.3 Å². The number of fused-ring (bicyclic) bond motifs is 1. The van der Waals surface area contributed by atoms with Gasteiger partial charge in [0.25, 0.3) is 0 Å². The van der Waals surface area contributed by atoms with Gasteiger partial charge in [0.15, 0.2) is 0 Å². The van der Waals surface area contributed by atoms with Crippen LogP contribution in [0, 0.1) is 0 Å². The zero-order valence-electron chi connectivity index (χ0n) is 11.9. The van der Waals surface area contributed by atoms with Gasteiger partial charge in [-0.15, -0.1) is 11.3 Å². The van der Waals surface area contributed by atoms with Gasteiger partial charge in [0.05, 0.1) is 0 Å². The van der Waals surface area contributed by atoms with Gasteiger partial charge in [-0.1, -0.05) is 26.3 Å². The molecule has 0 amide bonds. The van der Waals surface area contributed by atoms with E-state index in [9.17, 15) is 5.11 Å². The van der Waals surface area contributed by atoms with Gasteiger partial charge in [-0.05, 0) is 54.4 Å². The first-order valence-corrected chi connectivity index (χ1v) is 7.93. The van der Waals surface area contributed by atoms with E-state index in [1.165, 1.54) is 10.1 Å². The van der Waals surface area contributed by atoms with Crippen molar-refractivity contribution in [1.82, 2.24) is 5.32 Å². The highest BCUT2D eigenvalue weighted by molar-refractivity contribution is 7.17. The van der Waals surface area contributed by atoms with E-state index in [0.29, 0.717) is 0 Å². The first-order valence-electron chi connectivity index (χ1n) is 7.05. The van der Waals surface area contributed by atoms with Crippen LogP contribution in [-0.2, 0) is 5.60 Å². The maximum absolute atomic E-state index is 11.1. The van der Waals surface area contributed by atoms with E-state index >= 15 is 0 Å². The summed E-state index contributed by atoms with van der Waals surface area (Å²) in [5.74, 6) is 0. The Kier molecular flexibility index (Phi) is 4.61. The topological polar surface area (TPSA) is 32.3 Å². The molecule has 0 saturated heterocycles. The molecule has 0 fully saturated rings. The highest BCUT2D eigenvalue weighted by Crippen LogP contribution is 2.33. The van der Waals surface area contributed by atoms with E-state index in [-0.39, 0.29) is 6.04 Å². The molecule has 2 atom stereocenters. The standard InChI is InChI=1S/C16H23NOS/c1-4-9-16(18,12(3)17-5-2)14-6-7-15-13(11-14)8-10-19-15/h6-8,10-12,17-18H,4-5,9H2,1-3H3. The quantitative estimate of drug-likeness (QED) is 0.839. The summed E-state index contributed by atoms with van der Waals surface area (Å²) in [5, 5.41) is 17.8. The summed E-state index contributed by atoms with van der Waals surface area (Å²) in [7, 11) is 0. The predicted octanol–water partition coefficient (Wildman–Crippen LogP) is 3.89. The molecule has 0 radical (unpaired) electrons. The molecule has 2 rings (SSSR count). The van der Waals surface area contributed by atoms with Crippen LogP contribution in [0.25, 0.3) is 10.1 Å². The number of rotatable bonds is 6. The summed E-state index contributed by atoms with van der Waals surface area (Å²) in [5.41, 5.74) is 0.231. The van der Waals surface area contributed by atoms with Crippen molar-refractivity contribution in [2.45, 2.75) is 45.3 Å². The lowest BCUT2D eigenvalue weighted by molar-refractivity contribution is -0.00586. The Bertz CT molecular complexity index is 536. The molecule has 2 N–H and O–H groups in total. The summed E-state index contributed by atoms with van der Waals surface area (Å²) in [6.45, 7) is 7.13. The Labute approximate surface area is 119 Å². The molecule has 2 nitrogen and oxygen atoms in total. The van der Waals surface area contributed by atoms with Crippen molar-refractivity contribution in [2.75, 3.05) is 6.54 Å². The van der Waals surface area contributed by atoms with Gasteiger partial charge in [-0.2, -0.15) is 0 Å². The molecule has 1 aromatic carbocycles. The molecule has 0 saturated carbocycles. The number of nitrogens with one attached hydrogen (secondary N) is 1. The SMILES string of the molecule is CCCC(O)(c1ccc2sccc2c1)C(C)NCC. The van der Waals surface area contributed by atoms with Crippen molar-refractivity contribution in [3.8, 4) is 0 Å². The lowest BCUT2D eigenvalue weighted by Gasteiger charge is -2.35. The van der Waals surface area contributed by atoms with Crippen molar-refractivity contribution in [3.05, 3.63) is 35.2 Å². The van der Waals surface area contributed by atoms with Crippen LogP contribution in [0.3, 0.4) is 0 Å². The van der Waals surface area contributed by atoms with Crippen LogP contribution in [0.1, 0.15) is 39.2 Å². The second-order valence-corrected chi connectivity index (χ2v) is 6.07. The minimum Gasteiger partial charge on any atom is -0.384 e. The van der Waals surface area contributed by atoms with Crippen molar-refractivity contribution in [3.63, 3.8) is 0 Å². The molecule has 0 bridgehead atoms.